The van der Waals surface area contributed by atoms with Crippen molar-refractivity contribution in [1.82, 2.24) is 0 Å². The topological polar surface area (TPSA) is 84.5 Å². The average molecular weight is 397 g/mol. The number of hydrogen-bond donors (Lipinski definition) is 2. The summed E-state index contributed by atoms with van der Waals surface area (Å²) in [6.07, 6.45) is 1.12. The van der Waals surface area contributed by atoms with E-state index in [-0.39, 0.29) is 22.4 Å². The summed E-state index contributed by atoms with van der Waals surface area (Å²) < 4.78 is 29.2. The summed E-state index contributed by atoms with van der Waals surface area (Å²) in [6, 6.07) is 10.1. The molecular weight excluding hydrogens is 376 g/mol. The van der Waals surface area contributed by atoms with Gasteiger partial charge in [-0.2, -0.15) is 0 Å². The molecule has 0 spiro atoms. The summed E-state index contributed by atoms with van der Waals surface area (Å²) in [4.78, 5) is 12.4. The molecule has 1 amide bonds. The average Bonchev–Trinajstić information content (AvgIpc) is 2.56. The van der Waals surface area contributed by atoms with Gasteiger partial charge in [-0.25, -0.2) is 8.42 Å². The van der Waals surface area contributed by atoms with Crippen molar-refractivity contribution in [1.29, 1.82) is 0 Å². The van der Waals surface area contributed by atoms with Crippen molar-refractivity contribution < 1.29 is 17.9 Å². The summed E-state index contributed by atoms with van der Waals surface area (Å²) in [7, 11) is -3.42. The second-order valence-corrected chi connectivity index (χ2v) is 8.10. The Hall–Kier alpha value is -2.25. The molecule has 0 heterocycles. The number of carbonyl (C=O) groups is 1. The molecule has 0 aromatic heterocycles. The molecule has 0 fully saturated rings. The molecule has 0 saturated heterocycles. The van der Waals surface area contributed by atoms with Crippen LogP contribution in [-0.4, -0.2) is 33.7 Å². The number of ether oxygens (including phenoxy) is 1. The molecule has 140 valence electrons. The molecule has 0 radical (unpaired) electrons. The fourth-order valence-corrected chi connectivity index (χ4v) is 3.73. The number of hydrogen-bond acceptors (Lipinski definition) is 5. The maximum absolute atomic E-state index is 12.2. The second-order valence-electron chi connectivity index (χ2n) is 5.68. The Labute approximate surface area is 158 Å². The van der Waals surface area contributed by atoms with E-state index < -0.39 is 9.84 Å². The lowest BCUT2D eigenvalue weighted by atomic mass is 10.2. The molecule has 0 atom stereocenters. The van der Waals surface area contributed by atoms with Crippen molar-refractivity contribution in [2.75, 3.05) is 30.0 Å². The van der Waals surface area contributed by atoms with Gasteiger partial charge >= 0.3 is 0 Å². The Balaban J connectivity index is 2.12. The van der Waals surface area contributed by atoms with Gasteiger partial charge in [0, 0.05) is 17.0 Å². The predicted molar refractivity (Wildman–Crippen MR) is 104 cm³/mol. The van der Waals surface area contributed by atoms with Crippen LogP contribution in [0.4, 0.5) is 11.4 Å². The minimum absolute atomic E-state index is 0.0508. The third kappa shape index (κ3) is 5.12. The molecule has 8 heteroatoms. The molecule has 26 heavy (non-hydrogen) atoms. The van der Waals surface area contributed by atoms with E-state index in [9.17, 15) is 13.2 Å². The zero-order chi connectivity index (χ0) is 19.3. The van der Waals surface area contributed by atoms with Crippen LogP contribution in [0.5, 0.6) is 5.75 Å². The van der Waals surface area contributed by atoms with Crippen molar-refractivity contribution in [3.05, 3.63) is 47.0 Å². The highest BCUT2D eigenvalue weighted by Crippen LogP contribution is 2.28. The molecule has 0 aliphatic heterocycles. The molecule has 2 aromatic rings. The van der Waals surface area contributed by atoms with E-state index in [0.29, 0.717) is 29.3 Å². The van der Waals surface area contributed by atoms with Crippen molar-refractivity contribution in [3.8, 4) is 5.75 Å². The third-order valence-corrected chi connectivity index (χ3v) is 5.07. The molecule has 2 aromatic carbocycles. The number of rotatable bonds is 7. The highest BCUT2D eigenvalue weighted by molar-refractivity contribution is 7.90. The molecular formula is C18H21ClN2O4S. The molecule has 0 unspecified atom stereocenters. The summed E-state index contributed by atoms with van der Waals surface area (Å²) in [5, 5.41) is 5.98. The van der Waals surface area contributed by atoms with E-state index in [0.717, 1.165) is 6.26 Å². The Bertz CT molecular complexity index is 913. The minimum Gasteiger partial charge on any atom is -0.492 e. The number of amides is 1. The Morgan fingerprint density at radius 1 is 1.19 bits per heavy atom. The van der Waals surface area contributed by atoms with Gasteiger partial charge in [-0.15, -0.1) is 0 Å². The fourth-order valence-electron chi connectivity index (χ4n) is 2.44. The SMILES string of the molecule is CCOc1ccccc1NC(=O)CNc1cc(Cl)cc(S(C)(=O)=O)c1C. The third-order valence-electron chi connectivity index (χ3n) is 3.62. The van der Waals surface area contributed by atoms with E-state index in [1.807, 2.05) is 13.0 Å². The highest BCUT2D eigenvalue weighted by Gasteiger charge is 2.16. The smallest absolute Gasteiger partial charge is 0.243 e. The standard InChI is InChI=1S/C18H21ClN2O4S/c1-4-25-16-8-6-5-7-14(16)21-18(22)11-20-15-9-13(19)10-17(12(15)2)26(3,23)24/h5-10,20H,4,11H2,1-3H3,(H,21,22). The van der Waals surface area contributed by atoms with Crippen LogP contribution in [0.15, 0.2) is 41.3 Å². The van der Waals surface area contributed by atoms with Crippen LogP contribution in [-0.2, 0) is 14.6 Å². The lowest BCUT2D eigenvalue weighted by Gasteiger charge is -2.14. The first-order valence-electron chi connectivity index (χ1n) is 7.98. The van der Waals surface area contributed by atoms with Crippen molar-refractivity contribution in [2.45, 2.75) is 18.7 Å². The van der Waals surface area contributed by atoms with Gasteiger partial charge in [0.1, 0.15) is 5.75 Å². The van der Waals surface area contributed by atoms with Crippen LogP contribution < -0.4 is 15.4 Å². The maximum Gasteiger partial charge on any atom is 0.243 e. The zero-order valence-electron chi connectivity index (χ0n) is 14.8. The van der Waals surface area contributed by atoms with E-state index in [4.69, 9.17) is 16.3 Å². The first kappa shape index (κ1) is 20.1. The number of nitrogens with one attached hydrogen (secondary N) is 2. The summed E-state index contributed by atoms with van der Waals surface area (Å²) >= 11 is 6.01. The monoisotopic (exact) mass is 396 g/mol. The normalized spacial score (nSPS) is 11.1. The molecule has 2 N–H and O–H groups in total. The van der Waals surface area contributed by atoms with Gasteiger partial charge in [0.05, 0.1) is 23.7 Å². The largest absolute Gasteiger partial charge is 0.492 e. The van der Waals surface area contributed by atoms with Gasteiger partial charge in [-0.3, -0.25) is 4.79 Å². The first-order valence-corrected chi connectivity index (χ1v) is 10.2. The van der Waals surface area contributed by atoms with Crippen molar-refractivity contribution in [2.24, 2.45) is 0 Å². The van der Waals surface area contributed by atoms with E-state index in [2.05, 4.69) is 10.6 Å². The zero-order valence-corrected chi connectivity index (χ0v) is 16.4. The van der Waals surface area contributed by atoms with Crippen molar-refractivity contribution >= 4 is 38.7 Å². The number of benzene rings is 2. The number of halogens is 1. The van der Waals surface area contributed by atoms with E-state index >= 15 is 0 Å². The molecule has 2 rings (SSSR count). The van der Waals surface area contributed by atoms with Crippen LogP contribution >= 0.6 is 11.6 Å². The lowest BCUT2D eigenvalue weighted by Crippen LogP contribution is -2.22. The van der Waals surface area contributed by atoms with Gasteiger partial charge in [0.2, 0.25) is 5.91 Å². The number of carbonyl (C=O) groups excluding carboxylic acids is 1. The Morgan fingerprint density at radius 2 is 1.88 bits per heavy atom. The van der Waals surface area contributed by atoms with Gasteiger partial charge in [-0.1, -0.05) is 23.7 Å². The summed E-state index contributed by atoms with van der Waals surface area (Å²) in [5.74, 6) is 0.291. The lowest BCUT2D eigenvalue weighted by molar-refractivity contribution is -0.114. The maximum atomic E-state index is 12.2. The second kappa shape index (κ2) is 8.42. The van der Waals surface area contributed by atoms with Crippen LogP contribution in [0.3, 0.4) is 0 Å². The number of sulfone groups is 1. The first-order chi connectivity index (χ1) is 12.2. The molecule has 0 bridgehead atoms. The van der Waals surface area contributed by atoms with Crippen LogP contribution in [0, 0.1) is 6.92 Å². The molecule has 0 saturated carbocycles. The van der Waals surface area contributed by atoms with Crippen molar-refractivity contribution in [3.63, 3.8) is 0 Å². The van der Waals surface area contributed by atoms with Gasteiger partial charge in [-0.05, 0) is 43.7 Å². The number of para-hydroxylation sites is 2. The fraction of sp³-hybridized carbons (Fsp3) is 0.278. The number of anilines is 2. The van der Waals surface area contributed by atoms with Gasteiger partial charge < -0.3 is 15.4 Å². The Kier molecular flexibility index (Phi) is 6.50. The van der Waals surface area contributed by atoms with Crippen LogP contribution in [0.2, 0.25) is 5.02 Å². The molecule has 6 nitrogen and oxygen atoms in total. The summed E-state index contributed by atoms with van der Waals surface area (Å²) in [5.41, 5.74) is 1.58. The van der Waals surface area contributed by atoms with E-state index in [1.165, 1.54) is 6.07 Å². The highest BCUT2D eigenvalue weighted by atomic mass is 35.5. The quantitative estimate of drug-likeness (QED) is 0.748. The van der Waals surface area contributed by atoms with E-state index in [1.54, 1.807) is 31.2 Å². The van der Waals surface area contributed by atoms with Crippen LogP contribution in [0.25, 0.3) is 0 Å². The van der Waals surface area contributed by atoms with Gasteiger partial charge in [0.15, 0.2) is 9.84 Å². The Morgan fingerprint density at radius 3 is 2.54 bits per heavy atom. The summed E-state index contributed by atoms with van der Waals surface area (Å²) in [6.45, 7) is 3.96. The van der Waals surface area contributed by atoms with Crippen LogP contribution in [0.1, 0.15) is 12.5 Å². The van der Waals surface area contributed by atoms with Gasteiger partial charge in [0.25, 0.3) is 0 Å². The molecule has 0 aliphatic rings. The predicted octanol–water partition coefficient (Wildman–Crippen LogP) is 3.50. The molecule has 0 aliphatic carbocycles. The minimum atomic E-state index is -3.42.